The first-order valence-electron chi connectivity index (χ1n) is 10.2. The number of likely N-dealkylation sites (tertiary alicyclic amines) is 2. The standard InChI is InChI=1S/C20H35N3O6/c1-8-28-17(25)14-9-20(10-22(11-20)18(26)29-19(4,5)6)12-23(14)16(24)15(13(2)3)21-27-7/h13-15,21H,8-12H2,1-7H3. The molecule has 2 aliphatic rings. The maximum Gasteiger partial charge on any atom is 0.410 e. The van der Waals surface area contributed by atoms with E-state index in [1.165, 1.54) is 7.11 Å². The van der Waals surface area contributed by atoms with E-state index in [-0.39, 0.29) is 29.9 Å². The Morgan fingerprint density at radius 1 is 1.17 bits per heavy atom. The number of carbonyl (C=O) groups is 3. The van der Waals surface area contributed by atoms with Crippen molar-refractivity contribution in [1.82, 2.24) is 15.3 Å². The van der Waals surface area contributed by atoms with Crippen LogP contribution in [0.15, 0.2) is 0 Å². The fourth-order valence-corrected chi connectivity index (χ4v) is 3.96. The van der Waals surface area contributed by atoms with E-state index in [0.29, 0.717) is 26.1 Å². The van der Waals surface area contributed by atoms with Crippen LogP contribution in [0.25, 0.3) is 0 Å². The topological polar surface area (TPSA) is 97.4 Å². The van der Waals surface area contributed by atoms with Gasteiger partial charge >= 0.3 is 12.1 Å². The number of esters is 1. The normalized spacial score (nSPS) is 21.9. The summed E-state index contributed by atoms with van der Waals surface area (Å²) in [4.78, 5) is 46.3. The molecule has 2 amide bonds. The van der Waals surface area contributed by atoms with Crippen LogP contribution in [0.4, 0.5) is 4.79 Å². The van der Waals surface area contributed by atoms with Crippen LogP contribution < -0.4 is 5.48 Å². The van der Waals surface area contributed by atoms with Crippen molar-refractivity contribution in [3.8, 4) is 0 Å². The Balaban J connectivity index is 2.14. The largest absolute Gasteiger partial charge is 0.464 e. The minimum absolute atomic E-state index is 0.0264. The number of amides is 2. The third-order valence-corrected chi connectivity index (χ3v) is 5.23. The third kappa shape index (κ3) is 5.39. The molecule has 0 aromatic carbocycles. The first-order valence-corrected chi connectivity index (χ1v) is 10.2. The number of nitrogens with zero attached hydrogens (tertiary/aromatic N) is 2. The zero-order valence-corrected chi connectivity index (χ0v) is 18.6. The van der Waals surface area contributed by atoms with Crippen molar-refractivity contribution in [2.24, 2.45) is 11.3 Å². The fraction of sp³-hybridized carbons (Fsp3) is 0.850. The number of hydrogen-bond acceptors (Lipinski definition) is 7. The van der Waals surface area contributed by atoms with Crippen LogP contribution in [0, 0.1) is 11.3 Å². The molecule has 2 saturated heterocycles. The second kappa shape index (κ2) is 8.87. The number of rotatable bonds is 6. The molecule has 166 valence electrons. The van der Waals surface area contributed by atoms with Crippen LogP contribution in [0.3, 0.4) is 0 Å². The molecule has 0 radical (unpaired) electrons. The molecule has 1 N–H and O–H groups in total. The molecule has 2 aliphatic heterocycles. The van der Waals surface area contributed by atoms with Crippen molar-refractivity contribution < 1.29 is 28.7 Å². The van der Waals surface area contributed by atoms with Crippen molar-refractivity contribution >= 4 is 18.0 Å². The van der Waals surface area contributed by atoms with Gasteiger partial charge in [-0.3, -0.25) is 4.79 Å². The number of nitrogens with one attached hydrogen (secondary N) is 1. The molecule has 2 atom stereocenters. The molecule has 9 nitrogen and oxygen atoms in total. The van der Waals surface area contributed by atoms with Crippen LogP contribution in [-0.2, 0) is 23.9 Å². The summed E-state index contributed by atoms with van der Waals surface area (Å²) in [6, 6.07) is -1.24. The highest BCUT2D eigenvalue weighted by Crippen LogP contribution is 2.44. The van der Waals surface area contributed by atoms with Gasteiger partial charge < -0.3 is 24.1 Å². The molecule has 1 spiro atoms. The summed E-state index contributed by atoms with van der Waals surface area (Å²) in [5.74, 6) is -0.637. The number of ether oxygens (including phenoxy) is 2. The van der Waals surface area contributed by atoms with E-state index in [1.807, 2.05) is 34.6 Å². The van der Waals surface area contributed by atoms with Gasteiger partial charge in [-0.15, -0.1) is 0 Å². The Hall–Kier alpha value is -1.87. The average Bonchev–Trinajstić information content (AvgIpc) is 2.97. The monoisotopic (exact) mass is 413 g/mol. The van der Waals surface area contributed by atoms with Crippen LogP contribution in [0.5, 0.6) is 0 Å². The Labute approximate surface area is 173 Å². The summed E-state index contributed by atoms with van der Waals surface area (Å²) in [6.07, 6.45) is 0.0935. The lowest BCUT2D eigenvalue weighted by atomic mass is 9.78. The second-order valence-corrected chi connectivity index (χ2v) is 9.32. The SMILES string of the molecule is CCOC(=O)C1CC2(CN(C(=O)OC(C)(C)C)C2)CN1C(=O)C(NOC)C(C)C. The number of hydroxylamine groups is 1. The van der Waals surface area contributed by atoms with E-state index in [2.05, 4.69) is 5.48 Å². The zero-order chi connectivity index (χ0) is 22.0. The Kier molecular flexibility index (Phi) is 7.16. The summed E-state index contributed by atoms with van der Waals surface area (Å²) in [5.41, 5.74) is 1.85. The van der Waals surface area contributed by atoms with E-state index < -0.39 is 23.7 Å². The van der Waals surface area contributed by atoms with Crippen LogP contribution >= 0.6 is 0 Å². The van der Waals surface area contributed by atoms with Crippen molar-refractivity contribution in [2.45, 2.75) is 65.6 Å². The maximum absolute atomic E-state index is 13.2. The molecular formula is C20H35N3O6. The minimum atomic E-state index is -0.664. The lowest BCUT2D eigenvalue weighted by Gasteiger charge is -2.47. The molecule has 9 heteroatoms. The van der Waals surface area contributed by atoms with Gasteiger partial charge in [0.1, 0.15) is 17.7 Å². The van der Waals surface area contributed by atoms with Crippen molar-refractivity contribution in [3.05, 3.63) is 0 Å². The van der Waals surface area contributed by atoms with Crippen molar-refractivity contribution in [2.75, 3.05) is 33.4 Å². The average molecular weight is 414 g/mol. The van der Waals surface area contributed by atoms with Crippen LogP contribution in [0.1, 0.15) is 48.0 Å². The van der Waals surface area contributed by atoms with Crippen LogP contribution in [-0.4, -0.2) is 78.8 Å². The summed E-state index contributed by atoms with van der Waals surface area (Å²) in [6.45, 7) is 12.6. The summed E-state index contributed by atoms with van der Waals surface area (Å²) in [7, 11) is 1.46. The molecule has 2 heterocycles. The molecule has 0 aromatic rings. The van der Waals surface area contributed by atoms with E-state index in [4.69, 9.17) is 14.3 Å². The zero-order valence-electron chi connectivity index (χ0n) is 18.6. The molecular weight excluding hydrogens is 378 g/mol. The predicted octanol–water partition coefficient (Wildman–Crippen LogP) is 1.56. The fourth-order valence-electron chi connectivity index (χ4n) is 3.96. The third-order valence-electron chi connectivity index (χ3n) is 5.23. The van der Waals surface area contributed by atoms with Gasteiger partial charge in [-0.1, -0.05) is 13.8 Å². The van der Waals surface area contributed by atoms with E-state index >= 15 is 0 Å². The van der Waals surface area contributed by atoms with Gasteiger partial charge in [0.25, 0.3) is 0 Å². The predicted molar refractivity (Wildman–Crippen MR) is 106 cm³/mol. The summed E-state index contributed by atoms with van der Waals surface area (Å²) < 4.78 is 10.6. The van der Waals surface area contributed by atoms with Gasteiger partial charge in [0.15, 0.2) is 0 Å². The van der Waals surface area contributed by atoms with Gasteiger partial charge in [-0.25, -0.2) is 9.59 Å². The molecule has 2 fully saturated rings. The van der Waals surface area contributed by atoms with Gasteiger partial charge in [0.05, 0.1) is 13.7 Å². The molecule has 0 aromatic heterocycles. The first-order chi connectivity index (χ1) is 13.4. The van der Waals surface area contributed by atoms with Gasteiger partial charge in [0, 0.05) is 25.0 Å². The Bertz CT molecular complexity index is 624. The van der Waals surface area contributed by atoms with Crippen LogP contribution in [0.2, 0.25) is 0 Å². The number of carbonyl (C=O) groups excluding carboxylic acids is 3. The Morgan fingerprint density at radius 3 is 2.28 bits per heavy atom. The summed E-state index contributed by atoms with van der Waals surface area (Å²) >= 11 is 0. The highest BCUT2D eigenvalue weighted by Gasteiger charge is 2.57. The minimum Gasteiger partial charge on any atom is -0.464 e. The second-order valence-electron chi connectivity index (χ2n) is 9.32. The highest BCUT2D eigenvalue weighted by atomic mass is 16.6. The highest BCUT2D eigenvalue weighted by molar-refractivity contribution is 5.88. The first kappa shape index (κ1) is 23.4. The molecule has 0 aliphatic carbocycles. The molecule has 0 bridgehead atoms. The van der Waals surface area contributed by atoms with Gasteiger partial charge in [0.2, 0.25) is 5.91 Å². The summed E-state index contributed by atoms with van der Waals surface area (Å²) in [5, 5.41) is 0. The smallest absolute Gasteiger partial charge is 0.410 e. The number of hydrogen-bond donors (Lipinski definition) is 1. The van der Waals surface area contributed by atoms with Gasteiger partial charge in [-0.05, 0) is 40.0 Å². The lowest BCUT2D eigenvalue weighted by molar-refractivity contribution is -0.155. The molecule has 2 rings (SSSR count). The lowest BCUT2D eigenvalue weighted by Crippen LogP contribution is -2.60. The quantitative estimate of drug-likeness (QED) is 0.521. The molecule has 0 saturated carbocycles. The van der Waals surface area contributed by atoms with Crippen molar-refractivity contribution in [1.29, 1.82) is 0 Å². The van der Waals surface area contributed by atoms with Crippen molar-refractivity contribution in [3.63, 3.8) is 0 Å². The van der Waals surface area contributed by atoms with E-state index in [0.717, 1.165) is 0 Å². The molecule has 29 heavy (non-hydrogen) atoms. The Morgan fingerprint density at radius 2 is 1.79 bits per heavy atom. The van der Waals surface area contributed by atoms with E-state index in [1.54, 1.807) is 16.7 Å². The van der Waals surface area contributed by atoms with E-state index in [9.17, 15) is 14.4 Å². The van der Waals surface area contributed by atoms with Gasteiger partial charge in [-0.2, -0.15) is 5.48 Å². The molecule has 2 unspecified atom stereocenters. The maximum atomic E-state index is 13.2.